The summed E-state index contributed by atoms with van der Waals surface area (Å²) in [6, 6.07) is 3.25. The topological polar surface area (TPSA) is 61.1 Å². The Morgan fingerprint density at radius 2 is 2.00 bits per heavy atom. The fourth-order valence-corrected chi connectivity index (χ4v) is 1.10. The van der Waals surface area contributed by atoms with Crippen LogP contribution in [0.2, 0.25) is 0 Å². The molecule has 0 saturated heterocycles. The van der Waals surface area contributed by atoms with Gasteiger partial charge in [0, 0.05) is 5.56 Å². The minimum Gasteiger partial charge on any atom is -0.478 e. The van der Waals surface area contributed by atoms with Crippen molar-refractivity contribution < 1.29 is 18.7 Å². The van der Waals surface area contributed by atoms with Crippen molar-refractivity contribution in [3.63, 3.8) is 0 Å². The van der Waals surface area contributed by atoms with Crippen molar-refractivity contribution >= 4 is 12.0 Å². The van der Waals surface area contributed by atoms with Crippen LogP contribution in [0, 0.1) is 23.0 Å². The maximum absolute atomic E-state index is 13.3. The number of allylic oxidation sites excluding steroid dienone is 1. The molecular weight excluding hydrogens is 216 g/mol. The molecule has 0 heterocycles. The van der Waals surface area contributed by atoms with Gasteiger partial charge in [0.1, 0.15) is 11.6 Å². The van der Waals surface area contributed by atoms with E-state index in [4.69, 9.17) is 10.4 Å². The van der Waals surface area contributed by atoms with Crippen LogP contribution in [0.25, 0.3) is 6.08 Å². The third kappa shape index (κ3) is 2.64. The average molecular weight is 223 g/mol. The minimum absolute atomic E-state index is 0.0273. The second-order valence-corrected chi connectivity index (χ2v) is 2.92. The van der Waals surface area contributed by atoms with Crippen molar-refractivity contribution in [1.82, 2.24) is 0 Å². The summed E-state index contributed by atoms with van der Waals surface area (Å²) in [7, 11) is 0. The molecule has 0 spiro atoms. The molecule has 3 nitrogen and oxygen atoms in total. The van der Waals surface area contributed by atoms with E-state index in [0.717, 1.165) is 18.2 Å². The summed E-state index contributed by atoms with van der Waals surface area (Å²) in [4.78, 5) is 10.5. The van der Waals surface area contributed by atoms with Crippen LogP contribution in [0.5, 0.6) is 0 Å². The van der Waals surface area contributed by atoms with E-state index in [1.54, 1.807) is 6.07 Å². The summed E-state index contributed by atoms with van der Waals surface area (Å²) in [5.74, 6) is -3.33. The van der Waals surface area contributed by atoms with Crippen LogP contribution in [0.1, 0.15) is 22.3 Å². The van der Waals surface area contributed by atoms with Crippen LogP contribution >= 0.6 is 0 Å². The first-order chi connectivity index (χ1) is 7.56. The van der Waals surface area contributed by atoms with Gasteiger partial charge in [-0.3, -0.25) is 0 Å². The molecule has 1 N–H and O–H groups in total. The Morgan fingerprint density at radius 3 is 2.44 bits per heavy atom. The second-order valence-electron chi connectivity index (χ2n) is 2.92. The Labute approximate surface area is 90.2 Å². The molecule has 82 valence electrons. The highest BCUT2D eigenvalue weighted by molar-refractivity contribution is 5.88. The van der Waals surface area contributed by atoms with Gasteiger partial charge in [-0.1, -0.05) is 12.2 Å². The number of hydrogen-bond donors (Lipinski definition) is 1. The van der Waals surface area contributed by atoms with E-state index in [2.05, 4.69) is 0 Å². The maximum atomic E-state index is 13.3. The molecule has 0 aromatic heterocycles. The van der Waals surface area contributed by atoms with E-state index in [-0.39, 0.29) is 12.0 Å². The van der Waals surface area contributed by atoms with E-state index < -0.39 is 23.2 Å². The SMILES string of the molecule is N#CCC=Cc1c(F)cc(C(=O)O)cc1F. The molecule has 1 rings (SSSR count). The Hall–Kier alpha value is -2.22. The van der Waals surface area contributed by atoms with Crippen molar-refractivity contribution in [2.24, 2.45) is 0 Å². The van der Waals surface area contributed by atoms with Gasteiger partial charge in [-0.15, -0.1) is 0 Å². The number of hydrogen-bond acceptors (Lipinski definition) is 2. The zero-order chi connectivity index (χ0) is 12.1. The predicted octanol–water partition coefficient (Wildman–Crippen LogP) is 2.59. The highest BCUT2D eigenvalue weighted by Gasteiger charge is 2.12. The Bertz CT molecular complexity index is 466. The van der Waals surface area contributed by atoms with Crippen molar-refractivity contribution in [3.8, 4) is 6.07 Å². The minimum atomic E-state index is -1.40. The molecule has 0 amide bonds. The molecule has 0 fully saturated rings. The molecule has 0 bridgehead atoms. The zero-order valence-corrected chi connectivity index (χ0v) is 8.08. The van der Waals surface area contributed by atoms with E-state index in [1.165, 1.54) is 6.08 Å². The van der Waals surface area contributed by atoms with E-state index in [0.29, 0.717) is 0 Å². The molecular formula is C11H7F2NO2. The van der Waals surface area contributed by atoms with Gasteiger partial charge in [0.15, 0.2) is 0 Å². The number of carbonyl (C=O) groups is 1. The van der Waals surface area contributed by atoms with Gasteiger partial charge in [0.2, 0.25) is 0 Å². The molecule has 0 aliphatic carbocycles. The molecule has 0 radical (unpaired) electrons. The average Bonchev–Trinajstić information content (AvgIpc) is 2.21. The summed E-state index contributed by atoms with van der Waals surface area (Å²) < 4.78 is 26.5. The molecule has 5 heteroatoms. The number of carboxylic acids is 1. The van der Waals surface area contributed by atoms with E-state index in [1.807, 2.05) is 0 Å². The molecule has 16 heavy (non-hydrogen) atoms. The van der Waals surface area contributed by atoms with Crippen molar-refractivity contribution in [1.29, 1.82) is 5.26 Å². The van der Waals surface area contributed by atoms with Crippen LogP contribution in [-0.4, -0.2) is 11.1 Å². The van der Waals surface area contributed by atoms with Gasteiger partial charge in [0.05, 0.1) is 18.1 Å². The first-order valence-electron chi connectivity index (χ1n) is 4.32. The summed E-state index contributed by atoms with van der Waals surface area (Å²) in [6.45, 7) is 0. The summed E-state index contributed by atoms with van der Waals surface area (Å²) in [5, 5.41) is 16.8. The first-order valence-corrected chi connectivity index (χ1v) is 4.32. The molecule has 1 aromatic carbocycles. The smallest absolute Gasteiger partial charge is 0.335 e. The predicted molar refractivity (Wildman–Crippen MR) is 52.6 cm³/mol. The lowest BCUT2D eigenvalue weighted by atomic mass is 10.1. The van der Waals surface area contributed by atoms with Gasteiger partial charge in [-0.05, 0) is 12.1 Å². The van der Waals surface area contributed by atoms with Crippen molar-refractivity contribution in [2.45, 2.75) is 6.42 Å². The van der Waals surface area contributed by atoms with Gasteiger partial charge in [-0.2, -0.15) is 5.26 Å². The Morgan fingerprint density at radius 1 is 1.44 bits per heavy atom. The lowest BCUT2D eigenvalue weighted by Crippen LogP contribution is -2.00. The van der Waals surface area contributed by atoms with E-state index >= 15 is 0 Å². The molecule has 0 atom stereocenters. The van der Waals surface area contributed by atoms with Crippen LogP contribution in [0.15, 0.2) is 18.2 Å². The van der Waals surface area contributed by atoms with Crippen molar-refractivity contribution in [3.05, 3.63) is 41.0 Å². The van der Waals surface area contributed by atoms with Crippen molar-refractivity contribution in [2.75, 3.05) is 0 Å². The Kier molecular flexibility index (Phi) is 3.72. The normalized spacial score (nSPS) is 10.3. The van der Waals surface area contributed by atoms with Gasteiger partial charge in [0.25, 0.3) is 0 Å². The summed E-state index contributed by atoms with van der Waals surface area (Å²) >= 11 is 0. The fraction of sp³-hybridized carbons (Fsp3) is 0.0909. The molecule has 0 aliphatic heterocycles. The lowest BCUT2D eigenvalue weighted by molar-refractivity contribution is 0.0695. The molecule has 1 aromatic rings. The molecule has 0 aliphatic rings. The fourth-order valence-electron chi connectivity index (χ4n) is 1.10. The monoisotopic (exact) mass is 223 g/mol. The number of aromatic carboxylic acids is 1. The molecule has 0 unspecified atom stereocenters. The highest BCUT2D eigenvalue weighted by Crippen LogP contribution is 2.17. The van der Waals surface area contributed by atoms with E-state index in [9.17, 15) is 13.6 Å². The van der Waals surface area contributed by atoms with Crippen LogP contribution in [-0.2, 0) is 0 Å². The van der Waals surface area contributed by atoms with Crippen LogP contribution in [0.3, 0.4) is 0 Å². The highest BCUT2D eigenvalue weighted by atomic mass is 19.1. The largest absolute Gasteiger partial charge is 0.478 e. The number of nitrogens with zero attached hydrogens (tertiary/aromatic N) is 1. The van der Waals surface area contributed by atoms with Crippen LogP contribution < -0.4 is 0 Å². The number of nitriles is 1. The first kappa shape index (κ1) is 11.9. The molecule has 0 saturated carbocycles. The Balaban J connectivity index is 3.13. The number of carboxylic acid groups (broad SMARTS) is 1. The maximum Gasteiger partial charge on any atom is 0.335 e. The third-order valence-corrected chi connectivity index (χ3v) is 1.82. The second kappa shape index (κ2) is 5.03. The number of halogens is 2. The lowest BCUT2D eigenvalue weighted by Gasteiger charge is -2.01. The number of rotatable bonds is 3. The zero-order valence-electron chi connectivity index (χ0n) is 8.08. The van der Waals surface area contributed by atoms with Crippen LogP contribution in [0.4, 0.5) is 8.78 Å². The number of benzene rings is 1. The van der Waals surface area contributed by atoms with Gasteiger partial charge in [-0.25, -0.2) is 13.6 Å². The summed E-state index contributed by atoms with van der Waals surface area (Å²) in [6.07, 6.45) is 2.43. The summed E-state index contributed by atoms with van der Waals surface area (Å²) in [5.41, 5.74) is -0.798. The van der Waals surface area contributed by atoms with Gasteiger partial charge < -0.3 is 5.11 Å². The third-order valence-electron chi connectivity index (χ3n) is 1.82. The standard InChI is InChI=1S/C11H7F2NO2/c12-9-5-7(11(15)16)6-10(13)8(9)3-1-2-4-14/h1,3,5-6H,2H2,(H,15,16). The quantitative estimate of drug-likeness (QED) is 0.856. The van der Waals surface area contributed by atoms with Gasteiger partial charge >= 0.3 is 5.97 Å².